The van der Waals surface area contributed by atoms with Crippen LogP contribution in [0.5, 0.6) is 0 Å². The Balaban J connectivity index is 2.22. The van der Waals surface area contributed by atoms with E-state index in [9.17, 15) is 4.39 Å². The Labute approximate surface area is 119 Å². The lowest BCUT2D eigenvalue weighted by molar-refractivity contribution is 0.582. The molecule has 0 saturated carbocycles. The predicted molar refractivity (Wildman–Crippen MR) is 79.1 cm³/mol. The maximum atomic E-state index is 13.5. The van der Waals surface area contributed by atoms with E-state index >= 15 is 0 Å². The molecule has 0 radical (unpaired) electrons. The molecule has 20 heavy (non-hydrogen) atoms. The number of hydrogen-bond acceptors (Lipinski definition) is 2. The van der Waals surface area contributed by atoms with Crippen molar-refractivity contribution < 1.29 is 4.39 Å². The molecule has 0 aliphatic heterocycles. The van der Waals surface area contributed by atoms with Crippen LogP contribution in [0.25, 0.3) is 0 Å². The van der Waals surface area contributed by atoms with Gasteiger partial charge in [0.25, 0.3) is 0 Å². The molecule has 0 amide bonds. The summed E-state index contributed by atoms with van der Waals surface area (Å²) >= 11 is 0. The molecule has 2 rings (SSSR count). The first-order valence-corrected chi connectivity index (χ1v) is 7.10. The van der Waals surface area contributed by atoms with E-state index in [0.717, 1.165) is 30.0 Å². The lowest BCUT2D eigenvalue weighted by Crippen LogP contribution is -2.22. The Morgan fingerprint density at radius 3 is 2.80 bits per heavy atom. The minimum absolute atomic E-state index is 0.192. The molecule has 1 aromatic carbocycles. The van der Waals surface area contributed by atoms with E-state index in [4.69, 9.17) is 0 Å². The number of nitrogens with zero attached hydrogens (tertiary/aromatic N) is 2. The largest absolute Gasteiger partial charge is 0.335 e. The second-order valence-electron chi connectivity index (χ2n) is 5.25. The van der Waals surface area contributed by atoms with Crippen LogP contribution in [0.4, 0.5) is 4.39 Å². The molecule has 0 saturated heterocycles. The van der Waals surface area contributed by atoms with Crippen LogP contribution in [0.1, 0.15) is 37.7 Å². The van der Waals surface area contributed by atoms with Crippen LogP contribution in [0.3, 0.4) is 0 Å². The molecule has 0 unspecified atom stereocenters. The fourth-order valence-corrected chi connectivity index (χ4v) is 2.21. The number of hydrogen-bond donors (Lipinski definition) is 1. The van der Waals surface area contributed by atoms with Crippen LogP contribution < -0.4 is 5.32 Å². The molecular weight excluding hydrogens is 253 g/mol. The van der Waals surface area contributed by atoms with Crippen LogP contribution in [0.2, 0.25) is 0 Å². The van der Waals surface area contributed by atoms with E-state index in [1.807, 2.05) is 12.3 Å². The summed E-state index contributed by atoms with van der Waals surface area (Å²) in [4.78, 5) is 4.37. The molecule has 0 spiro atoms. The van der Waals surface area contributed by atoms with Crippen molar-refractivity contribution in [2.75, 3.05) is 0 Å². The maximum Gasteiger partial charge on any atom is 0.123 e. The number of aromatic nitrogens is 2. The van der Waals surface area contributed by atoms with Crippen molar-refractivity contribution in [2.24, 2.45) is 0 Å². The number of aryl methyl sites for hydroxylation is 1. The second kappa shape index (κ2) is 6.66. The quantitative estimate of drug-likeness (QED) is 0.877. The first-order valence-electron chi connectivity index (χ1n) is 7.10. The maximum absolute atomic E-state index is 13.5. The van der Waals surface area contributed by atoms with E-state index in [-0.39, 0.29) is 5.82 Å². The molecule has 2 aromatic rings. The molecule has 4 heteroatoms. The molecule has 1 aromatic heterocycles. The fourth-order valence-electron chi connectivity index (χ4n) is 2.21. The highest BCUT2D eigenvalue weighted by Crippen LogP contribution is 2.16. The zero-order valence-corrected chi connectivity index (χ0v) is 12.4. The summed E-state index contributed by atoms with van der Waals surface area (Å²) in [6.07, 6.45) is 4.42. The number of imidazole rings is 1. The van der Waals surface area contributed by atoms with Crippen molar-refractivity contribution in [1.82, 2.24) is 14.9 Å². The van der Waals surface area contributed by atoms with Crippen LogP contribution in [0, 0.1) is 5.82 Å². The molecule has 0 bridgehead atoms. The molecule has 0 fully saturated rings. The average Bonchev–Trinajstić information content (AvgIpc) is 2.85. The third-order valence-corrected chi connectivity index (χ3v) is 3.36. The van der Waals surface area contributed by atoms with E-state index < -0.39 is 0 Å². The highest BCUT2D eigenvalue weighted by molar-refractivity contribution is 5.30. The Bertz CT molecular complexity index is 561. The van der Waals surface area contributed by atoms with E-state index in [0.29, 0.717) is 12.5 Å². The Kier molecular flexibility index (Phi) is 4.90. The van der Waals surface area contributed by atoms with Gasteiger partial charge in [-0.2, -0.15) is 0 Å². The predicted octanol–water partition coefficient (Wildman–Crippen LogP) is 3.13. The van der Waals surface area contributed by atoms with Gasteiger partial charge in [-0.15, -0.1) is 0 Å². The lowest BCUT2D eigenvalue weighted by atomic mass is 10.0. The first kappa shape index (κ1) is 14.7. The van der Waals surface area contributed by atoms with Gasteiger partial charge in [-0.1, -0.05) is 19.9 Å². The van der Waals surface area contributed by atoms with Crippen LogP contribution in [-0.2, 0) is 19.5 Å². The molecule has 1 N–H and O–H groups in total. The molecule has 0 aliphatic rings. The molecule has 0 aliphatic carbocycles. The number of benzene rings is 1. The van der Waals surface area contributed by atoms with Crippen molar-refractivity contribution >= 4 is 0 Å². The molecule has 1 heterocycles. The number of rotatable bonds is 6. The third kappa shape index (κ3) is 3.67. The topological polar surface area (TPSA) is 29.9 Å². The molecular formula is C16H22FN3. The first-order chi connectivity index (χ1) is 9.60. The second-order valence-corrected chi connectivity index (χ2v) is 5.25. The van der Waals surface area contributed by atoms with Gasteiger partial charge in [0.1, 0.15) is 11.6 Å². The molecule has 3 nitrogen and oxygen atoms in total. The normalized spacial score (nSPS) is 11.2. The summed E-state index contributed by atoms with van der Waals surface area (Å²) in [5, 5.41) is 3.38. The summed E-state index contributed by atoms with van der Waals surface area (Å²) in [7, 11) is 0. The van der Waals surface area contributed by atoms with Gasteiger partial charge in [0.05, 0.1) is 0 Å². The summed E-state index contributed by atoms with van der Waals surface area (Å²) in [5.41, 5.74) is 2.13. The van der Waals surface area contributed by atoms with Gasteiger partial charge in [0.15, 0.2) is 0 Å². The minimum atomic E-state index is -0.192. The van der Waals surface area contributed by atoms with Crippen molar-refractivity contribution in [3.05, 3.63) is 53.4 Å². The SMILES string of the molecule is CCn1ccnc1Cc1cc(F)ccc1CNC(C)C. The zero-order chi connectivity index (χ0) is 14.5. The molecule has 108 valence electrons. The Morgan fingerprint density at radius 1 is 1.30 bits per heavy atom. The Morgan fingerprint density at radius 2 is 2.10 bits per heavy atom. The summed E-state index contributed by atoms with van der Waals surface area (Å²) in [5.74, 6) is 0.784. The highest BCUT2D eigenvalue weighted by atomic mass is 19.1. The van der Waals surface area contributed by atoms with Gasteiger partial charge < -0.3 is 9.88 Å². The van der Waals surface area contributed by atoms with Crippen molar-refractivity contribution in [3.8, 4) is 0 Å². The van der Waals surface area contributed by atoms with Crippen molar-refractivity contribution in [1.29, 1.82) is 0 Å². The van der Waals surface area contributed by atoms with Gasteiger partial charge in [-0.05, 0) is 30.2 Å². The van der Waals surface area contributed by atoms with Gasteiger partial charge >= 0.3 is 0 Å². The van der Waals surface area contributed by atoms with Crippen LogP contribution >= 0.6 is 0 Å². The van der Waals surface area contributed by atoms with Gasteiger partial charge in [-0.25, -0.2) is 9.37 Å². The Hall–Kier alpha value is -1.68. The average molecular weight is 275 g/mol. The van der Waals surface area contributed by atoms with E-state index in [1.54, 1.807) is 12.3 Å². The van der Waals surface area contributed by atoms with Crippen LogP contribution in [0.15, 0.2) is 30.6 Å². The van der Waals surface area contributed by atoms with Crippen molar-refractivity contribution in [2.45, 2.75) is 46.3 Å². The van der Waals surface area contributed by atoms with E-state index in [2.05, 4.69) is 35.6 Å². The summed E-state index contributed by atoms with van der Waals surface area (Å²) in [6, 6.07) is 5.41. The standard InChI is InChI=1S/C16H22FN3/c1-4-20-8-7-18-16(20)10-14-9-15(17)6-5-13(14)11-19-12(2)3/h5-9,12,19H,4,10-11H2,1-3H3. The highest BCUT2D eigenvalue weighted by Gasteiger charge is 2.09. The third-order valence-electron chi connectivity index (χ3n) is 3.36. The monoisotopic (exact) mass is 275 g/mol. The fraction of sp³-hybridized carbons (Fsp3) is 0.438. The van der Waals surface area contributed by atoms with E-state index in [1.165, 1.54) is 6.07 Å². The van der Waals surface area contributed by atoms with Crippen LogP contribution in [-0.4, -0.2) is 15.6 Å². The number of nitrogens with one attached hydrogen (secondary N) is 1. The van der Waals surface area contributed by atoms with Gasteiger partial charge in [0.2, 0.25) is 0 Å². The molecule has 0 atom stereocenters. The van der Waals surface area contributed by atoms with Gasteiger partial charge in [0, 0.05) is 37.9 Å². The smallest absolute Gasteiger partial charge is 0.123 e. The van der Waals surface area contributed by atoms with Crippen molar-refractivity contribution in [3.63, 3.8) is 0 Å². The summed E-state index contributed by atoms with van der Waals surface area (Å²) in [6.45, 7) is 7.92. The zero-order valence-electron chi connectivity index (χ0n) is 12.4. The number of halogens is 1. The lowest BCUT2D eigenvalue weighted by Gasteiger charge is -2.13. The summed E-state index contributed by atoms with van der Waals surface area (Å²) < 4.78 is 15.6. The minimum Gasteiger partial charge on any atom is -0.335 e. The van der Waals surface area contributed by atoms with Gasteiger partial charge in [-0.3, -0.25) is 0 Å².